The molecule has 3 amide bonds. The van der Waals surface area contributed by atoms with Gasteiger partial charge in [0, 0.05) is 11.7 Å². The molecule has 9 nitrogen and oxygen atoms in total. The molecule has 1 saturated carbocycles. The monoisotopic (exact) mass is 509 g/mol. The SMILES string of the molecule is Cc1ccc(C(C(=O)NC2CCCCC2)N(C(=O)c2snc(C(N)=O)c2N)c2ccc(C)c(C)c2)o1. The number of nitrogen functional groups attached to an aromatic ring is 1. The fraction of sp³-hybridized carbons (Fsp3) is 0.385. The van der Waals surface area contributed by atoms with E-state index in [1.165, 1.54) is 4.90 Å². The van der Waals surface area contributed by atoms with Crippen LogP contribution in [0.25, 0.3) is 0 Å². The summed E-state index contributed by atoms with van der Waals surface area (Å²) >= 11 is 0.779. The predicted molar refractivity (Wildman–Crippen MR) is 139 cm³/mol. The first kappa shape index (κ1) is 25.4. The molecule has 0 bridgehead atoms. The van der Waals surface area contributed by atoms with Crippen LogP contribution in [0.1, 0.15) is 81.0 Å². The molecule has 0 saturated heterocycles. The third-order valence-corrected chi connectivity index (χ3v) is 7.48. The number of benzene rings is 1. The van der Waals surface area contributed by atoms with Crippen LogP contribution in [-0.2, 0) is 4.79 Å². The Balaban J connectivity index is 1.84. The molecular formula is C26H31N5O4S. The van der Waals surface area contributed by atoms with Gasteiger partial charge in [-0.05, 0) is 80.5 Å². The fourth-order valence-corrected chi connectivity index (χ4v) is 5.24. The number of carbonyl (C=O) groups excluding carboxylic acids is 3. The number of rotatable bonds is 7. The van der Waals surface area contributed by atoms with Crippen molar-refractivity contribution in [1.29, 1.82) is 0 Å². The highest BCUT2D eigenvalue weighted by atomic mass is 32.1. The van der Waals surface area contributed by atoms with Crippen LogP contribution in [0.3, 0.4) is 0 Å². The molecule has 10 heteroatoms. The maximum absolute atomic E-state index is 14.1. The molecule has 36 heavy (non-hydrogen) atoms. The zero-order valence-electron chi connectivity index (χ0n) is 20.7. The number of carbonyl (C=O) groups is 3. The predicted octanol–water partition coefficient (Wildman–Crippen LogP) is 4.18. The number of hydrogen-bond acceptors (Lipinski definition) is 7. The van der Waals surface area contributed by atoms with Gasteiger partial charge in [-0.15, -0.1) is 0 Å². The van der Waals surface area contributed by atoms with E-state index in [-0.39, 0.29) is 28.2 Å². The van der Waals surface area contributed by atoms with E-state index in [9.17, 15) is 14.4 Å². The van der Waals surface area contributed by atoms with Crippen LogP contribution in [0.2, 0.25) is 0 Å². The lowest BCUT2D eigenvalue weighted by Crippen LogP contribution is -2.47. The average Bonchev–Trinajstić information content (AvgIpc) is 3.44. The number of amides is 3. The highest BCUT2D eigenvalue weighted by Gasteiger charge is 2.38. The smallest absolute Gasteiger partial charge is 0.273 e. The highest BCUT2D eigenvalue weighted by molar-refractivity contribution is 7.09. The molecule has 4 rings (SSSR count). The van der Waals surface area contributed by atoms with Gasteiger partial charge in [0.05, 0.1) is 5.69 Å². The normalized spacial score (nSPS) is 14.9. The number of nitrogens with one attached hydrogen (secondary N) is 1. The van der Waals surface area contributed by atoms with Gasteiger partial charge in [-0.1, -0.05) is 25.3 Å². The second-order valence-corrected chi connectivity index (χ2v) is 10.0. The Labute approximate surface area is 214 Å². The van der Waals surface area contributed by atoms with E-state index >= 15 is 0 Å². The minimum absolute atomic E-state index is 0.0245. The van der Waals surface area contributed by atoms with Gasteiger partial charge in [-0.2, -0.15) is 4.37 Å². The Bertz CT molecular complexity index is 1290. The molecule has 3 aromatic rings. The van der Waals surface area contributed by atoms with E-state index in [0.717, 1.165) is 54.8 Å². The van der Waals surface area contributed by atoms with Crippen molar-refractivity contribution in [2.24, 2.45) is 5.73 Å². The second-order valence-electron chi connectivity index (χ2n) is 9.28. The Morgan fingerprint density at radius 3 is 2.39 bits per heavy atom. The molecule has 1 fully saturated rings. The third-order valence-electron chi connectivity index (χ3n) is 6.63. The minimum atomic E-state index is -1.10. The molecule has 2 aromatic heterocycles. The topological polar surface area (TPSA) is 145 Å². The van der Waals surface area contributed by atoms with Gasteiger partial charge < -0.3 is 21.2 Å². The van der Waals surface area contributed by atoms with Crippen molar-refractivity contribution < 1.29 is 18.8 Å². The number of nitrogens with two attached hydrogens (primary N) is 2. The van der Waals surface area contributed by atoms with Gasteiger partial charge in [0.1, 0.15) is 16.4 Å². The van der Waals surface area contributed by atoms with E-state index in [1.54, 1.807) is 25.1 Å². The van der Waals surface area contributed by atoms with Crippen LogP contribution in [0, 0.1) is 20.8 Å². The molecule has 0 radical (unpaired) electrons. The Morgan fingerprint density at radius 1 is 1.08 bits per heavy atom. The van der Waals surface area contributed by atoms with Crippen molar-refractivity contribution in [2.75, 3.05) is 10.6 Å². The second kappa shape index (κ2) is 10.5. The maximum Gasteiger partial charge on any atom is 0.273 e. The molecular weight excluding hydrogens is 478 g/mol. The van der Waals surface area contributed by atoms with E-state index in [2.05, 4.69) is 9.69 Å². The number of aryl methyl sites for hydroxylation is 3. The van der Waals surface area contributed by atoms with Gasteiger partial charge in [-0.25, -0.2) is 0 Å². The molecule has 5 N–H and O–H groups in total. The molecule has 2 heterocycles. The molecule has 1 aromatic carbocycles. The van der Waals surface area contributed by atoms with Crippen molar-refractivity contribution in [1.82, 2.24) is 9.69 Å². The third kappa shape index (κ3) is 5.13. The summed E-state index contributed by atoms with van der Waals surface area (Å²) < 4.78 is 9.89. The summed E-state index contributed by atoms with van der Waals surface area (Å²) in [5.74, 6) is -0.805. The molecule has 1 unspecified atom stereocenters. The zero-order valence-corrected chi connectivity index (χ0v) is 21.5. The number of hydrogen-bond donors (Lipinski definition) is 3. The number of nitrogens with zero attached hydrogens (tertiary/aromatic N) is 2. The van der Waals surface area contributed by atoms with Crippen molar-refractivity contribution >= 4 is 40.6 Å². The summed E-state index contributed by atoms with van der Waals surface area (Å²) in [4.78, 5) is 41.0. The van der Waals surface area contributed by atoms with Gasteiger partial charge in [0.2, 0.25) is 0 Å². The Kier molecular flexibility index (Phi) is 7.44. The van der Waals surface area contributed by atoms with Crippen LogP contribution in [0.4, 0.5) is 11.4 Å². The Hall–Kier alpha value is -3.66. The lowest BCUT2D eigenvalue weighted by atomic mass is 9.95. The van der Waals surface area contributed by atoms with Crippen LogP contribution < -0.4 is 21.7 Å². The van der Waals surface area contributed by atoms with E-state index in [0.29, 0.717) is 17.2 Å². The molecule has 0 aliphatic heterocycles. The molecule has 190 valence electrons. The standard InChI is InChI=1S/C26H31N5O4S/c1-14-9-11-18(13-15(14)2)31(26(34)23-20(27)21(24(28)32)30-36-23)22(19-12-10-16(3)35-19)25(33)29-17-7-5-4-6-8-17/h9-13,17,22H,4-8,27H2,1-3H3,(H2,28,32)(H,29,33). The van der Waals surface area contributed by atoms with Gasteiger partial charge in [0.15, 0.2) is 11.7 Å². The van der Waals surface area contributed by atoms with Gasteiger partial charge in [-0.3, -0.25) is 19.3 Å². The van der Waals surface area contributed by atoms with Gasteiger partial charge in [0.25, 0.3) is 17.7 Å². The van der Waals surface area contributed by atoms with Gasteiger partial charge >= 0.3 is 0 Å². The van der Waals surface area contributed by atoms with Crippen LogP contribution >= 0.6 is 11.5 Å². The molecule has 1 atom stereocenters. The first-order valence-corrected chi connectivity index (χ1v) is 12.8. The summed E-state index contributed by atoms with van der Waals surface area (Å²) in [6.45, 7) is 5.68. The van der Waals surface area contributed by atoms with Crippen LogP contribution in [0.5, 0.6) is 0 Å². The highest BCUT2D eigenvalue weighted by Crippen LogP contribution is 2.35. The van der Waals surface area contributed by atoms with Crippen molar-refractivity contribution in [3.8, 4) is 0 Å². The number of aromatic nitrogens is 1. The first-order valence-electron chi connectivity index (χ1n) is 12.0. The Morgan fingerprint density at radius 2 is 1.81 bits per heavy atom. The van der Waals surface area contributed by atoms with Crippen molar-refractivity contribution in [3.05, 3.63) is 63.6 Å². The summed E-state index contributed by atoms with van der Waals surface area (Å²) in [5, 5.41) is 3.14. The lowest BCUT2D eigenvalue weighted by molar-refractivity contribution is -0.123. The quantitative estimate of drug-likeness (QED) is 0.436. The van der Waals surface area contributed by atoms with Crippen LogP contribution in [-0.4, -0.2) is 28.1 Å². The summed E-state index contributed by atoms with van der Waals surface area (Å²) in [5.41, 5.74) is 13.7. The lowest BCUT2D eigenvalue weighted by Gasteiger charge is -2.32. The number of furan rings is 1. The summed E-state index contributed by atoms with van der Waals surface area (Å²) in [7, 11) is 0. The number of primary amides is 1. The average molecular weight is 510 g/mol. The zero-order chi connectivity index (χ0) is 26.0. The summed E-state index contributed by atoms with van der Waals surface area (Å²) in [6, 6.07) is 7.89. The molecule has 1 aliphatic rings. The maximum atomic E-state index is 14.1. The largest absolute Gasteiger partial charge is 0.464 e. The number of anilines is 2. The van der Waals surface area contributed by atoms with Crippen molar-refractivity contribution in [3.63, 3.8) is 0 Å². The fourth-order valence-electron chi connectivity index (χ4n) is 4.50. The van der Waals surface area contributed by atoms with Crippen LogP contribution in [0.15, 0.2) is 34.7 Å². The van der Waals surface area contributed by atoms with E-state index in [1.807, 2.05) is 26.0 Å². The summed E-state index contributed by atoms with van der Waals surface area (Å²) in [6.07, 6.45) is 5.01. The van der Waals surface area contributed by atoms with E-state index < -0.39 is 17.9 Å². The first-order chi connectivity index (χ1) is 17.2. The molecule has 0 spiro atoms. The van der Waals surface area contributed by atoms with Crippen molar-refractivity contribution in [2.45, 2.75) is 65.0 Å². The van der Waals surface area contributed by atoms with E-state index in [4.69, 9.17) is 15.9 Å². The minimum Gasteiger partial charge on any atom is -0.464 e. The molecule has 1 aliphatic carbocycles.